The van der Waals surface area contributed by atoms with E-state index in [0.717, 1.165) is 56.6 Å². The van der Waals surface area contributed by atoms with Crippen molar-refractivity contribution >= 4 is 51.1 Å². The SMILES string of the molecule is Cc1ccc(/C=C2/CCC[C@@H]3C2=NN(C(=O)CN2N=N[C@@H]4C(=O)N(c5cccc(Br)c5)C(=O)[C@H]42)[C@H]3c2ccc(C)cc2)cc1. The van der Waals surface area contributed by atoms with Crippen molar-refractivity contribution in [3.05, 3.63) is 105 Å². The molecule has 2 fully saturated rings. The number of fused-ring (bicyclic) bond motifs is 2. The molecular weight excluding hydrogens is 620 g/mol. The van der Waals surface area contributed by atoms with Gasteiger partial charge in [-0.3, -0.25) is 19.4 Å². The Morgan fingerprint density at radius 2 is 1.68 bits per heavy atom. The number of carbonyl (C=O) groups excluding carboxylic acids is 3. The Morgan fingerprint density at radius 3 is 2.41 bits per heavy atom. The van der Waals surface area contributed by atoms with E-state index in [4.69, 9.17) is 5.10 Å². The van der Waals surface area contributed by atoms with Crippen LogP contribution in [0.3, 0.4) is 0 Å². The molecule has 9 nitrogen and oxygen atoms in total. The van der Waals surface area contributed by atoms with Crippen molar-refractivity contribution < 1.29 is 14.4 Å². The van der Waals surface area contributed by atoms with Crippen molar-refractivity contribution in [1.82, 2.24) is 10.0 Å². The highest BCUT2D eigenvalue weighted by Crippen LogP contribution is 2.45. The van der Waals surface area contributed by atoms with Crippen LogP contribution in [-0.4, -0.2) is 52.1 Å². The minimum absolute atomic E-state index is 0.0433. The van der Waals surface area contributed by atoms with Crippen LogP contribution in [0.15, 0.2) is 98.3 Å². The summed E-state index contributed by atoms with van der Waals surface area (Å²) in [4.78, 5) is 42.0. The van der Waals surface area contributed by atoms with Gasteiger partial charge in [0.2, 0.25) is 0 Å². The lowest BCUT2D eigenvalue weighted by Gasteiger charge is -2.30. The van der Waals surface area contributed by atoms with E-state index in [0.29, 0.717) is 5.69 Å². The molecule has 1 aliphatic carbocycles. The number of rotatable bonds is 5. The quantitative estimate of drug-likeness (QED) is 0.308. The van der Waals surface area contributed by atoms with E-state index < -0.39 is 23.9 Å². The van der Waals surface area contributed by atoms with Crippen LogP contribution in [0.4, 0.5) is 5.69 Å². The van der Waals surface area contributed by atoms with Crippen molar-refractivity contribution in [2.45, 2.75) is 51.2 Å². The highest BCUT2D eigenvalue weighted by atomic mass is 79.9. The van der Waals surface area contributed by atoms with E-state index in [1.165, 1.54) is 10.6 Å². The molecule has 0 N–H and O–H groups in total. The van der Waals surface area contributed by atoms with Gasteiger partial charge < -0.3 is 0 Å². The number of nitrogens with zero attached hydrogens (tertiary/aromatic N) is 6. The zero-order valence-electron chi connectivity index (χ0n) is 24.4. The van der Waals surface area contributed by atoms with Gasteiger partial charge >= 0.3 is 0 Å². The molecule has 7 rings (SSSR count). The molecule has 3 aliphatic heterocycles. The van der Waals surface area contributed by atoms with Gasteiger partial charge in [0.1, 0.15) is 6.54 Å². The second-order valence-electron chi connectivity index (χ2n) is 11.8. The topological polar surface area (TPSA) is 98.0 Å². The maximum atomic E-state index is 14.1. The second-order valence-corrected chi connectivity index (χ2v) is 12.8. The average Bonchev–Trinajstić information content (AvgIpc) is 3.68. The number of benzene rings is 3. The average molecular weight is 652 g/mol. The monoisotopic (exact) mass is 650 g/mol. The first kappa shape index (κ1) is 28.3. The van der Waals surface area contributed by atoms with Crippen LogP contribution in [0.2, 0.25) is 0 Å². The van der Waals surface area contributed by atoms with Crippen LogP contribution >= 0.6 is 15.9 Å². The molecule has 0 unspecified atom stereocenters. The molecule has 0 aromatic heterocycles. The van der Waals surface area contributed by atoms with Crippen molar-refractivity contribution in [3.8, 4) is 0 Å². The molecule has 3 amide bonds. The first-order chi connectivity index (χ1) is 21.3. The lowest BCUT2D eigenvalue weighted by atomic mass is 9.77. The molecule has 0 spiro atoms. The molecule has 3 aromatic carbocycles. The van der Waals surface area contributed by atoms with Crippen molar-refractivity contribution in [2.24, 2.45) is 21.4 Å². The van der Waals surface area contributed by atoms with Crippen molar-refractivity contribution in [2.75, 3.05) is 11.4 Å². The summed E-state index contributed by atoms with van der Waals surface area (Å²) in [6.45, 7) is 3.89. The number of allylic oxidation sites excluding steroid dienone is 1. The van der Waals surface area contributed by atoms with Gasteiger partial charge in [0.05, 0.1) is 17.4 Å². The molecule has 3 heterocycles. The summed E-state index contributed by atoms with van der Waals surface area (Å²) in [7, 11) is 0. The third-order valence-corrected chi connectivity index (χ3v) is 9.31. The van der Waals surface area contributed by atoms with Gasteiger partial charge in [0.15, 0.2) is 12.1 Å². The third-order valence-electron chi connectivity index (χ3n) is 8.82. The molecule has 0 bridgehead atoms. The summed E-state index contributed by atoms with van der Waals surface area (Å²) >= 11 is 3.40. The van der Waals surface area contributed by atoms with Crippen LogP contribution in [0, 0.1) is 19.8 Å². The Hall–Kier alpha value is -4.44. The summed E-state index contributed by atoms with van der Waals surface area (Å²) < 4.78 is 0.744. The minimum atomic E-state index is -0.987. The number of anilines is 1. The standard InChI is InChI=1S/C34H31BrN6O3/c1-20-9-13-22(14-10-20)17-24-5-3-8-27-29(24)37-41(31(27)23-15-11-21(2)12-16-23)28(42)19-39-32-30(36-38-39)33(43)40(34(32)44)26-7-4-6-25(35)18-26/h4,6-7,9-18,27,30-32H,3,5,8,19H2,1-2H3/b24-17-/t27-,30+,31+,32+/m1/s1. The summed E-state index contributed by atoms with van der Waals surface area (Å²) in [5, 5.41) is 16.2. The number of aryl methyl sites for hydroxylation is 2. The van der Waals surface area contributed by atoms with Crippen LogP contribution in [-0.2, 0) is 14.4 Å². The number of hydrogen-bond donors (Lipinski definition) is 0. The molecule has 0 radical (unpaired) electrons. The Bertz CT molecular complexity index is 1750. The first-order valence-electron chi connectivity index (χ1n) is 14.8. The van der Waals surface area contributed by atoms with Crippen LogP contribution < -0.4 is 4.90 Å². The number of hydrogen-bond acceptors (Lipinski definition) is 7. The number of amides is 3. The van der Waals surface area contributed by atoms with E-state index >= 15 is 0 Å². The highest BCUT2D eigenvalue weighted by molar-refractivity contribution is 9.10. The largest absolute Gasteiger partial charge is 0.271 e. The van der Waals surface area contributed by atoms with E-state index in [1.54, 1.807) is 23.2 Å². The Kier molecular flexibility index (Phi) is 7.24. The van der Waals surface area contributed by atoms with Crippen molar-refractivity contribution in [1.29, 1.82) is 0 Å². The predicted octanol–water partition coefficient (Wildman–Crippen LogP) is 6.18. The zero-order valence-corrected chi connectivity index (χ0v) is 26.0. The maximum Gasteiger partial charge on any atom is 0.264 e. The first-order valence-corrected chi connectivity index (χ1v) is 15.6. The number of imide groups is 1. The minimum Gasteiger partial charge on any atom is -0.271 e. The smallest absolute Gasteiger partial charge is 0.264 e. The molecule has 1 saturated carbocycles. The number of halogens is 1. The normalized spacial score (nSPS) is 25.1. The summed E-state index contributed by atoms with van der Waals surface area (Å²) in [5.41, 5.74) is 6.98. The summed E-state index contributed by atoms with van der Waals surface area (Å²) in [6.07, 6.45) is 4.98. The molecular formula is C34H31BrN6O3. The predicted molar refractivity (Wildman–Crippen MR) is 170 cm³/mol. The van der Waals surface area contributed by atoms with Gasteiger partial charge in [-0.25, -0.2) is 9.91 Å². The van der Waals surface area contributed by atoms with Gasteiger partial charge in [-0.05, 0) is 74.1 Å². The van der Waals surface area contributed by atoms with Gasteiger partial charge in [-0.15, -0.1) is 0 Å². The van der Waals surface area contributed by atoms with E-state index in [2.05, 4.69) is 87.8 Å². The maximum absolute atomic E-state index is 14.1. The Morgan fingerprint density at radius 1 is 0.955 bits per heavy atom. The van der Waals surface area contributed by atoms with Gasteiger partial charge in [0, 0.05) is 10.4 Å². The summed E-state index contributed by atoms with van der Waals surface area (Å²) in [6, 6.07) is 21.4. The fraction of sp³-hybridized carbons (Fsp3) is 0.294. The molecule has 4 aliphatic rings. The molecule has 1 saturated heterocycles. The second kappa shape index (κ2) is 11.2. The lowest BCUT2D eigenvalue weighted by Crippen LogP contribution is -2.45. The van der Waals surface area contributed by atoms with Crippen LogP contribution in [0.1, 0.15) is 47.6 Å². The third kappa shape index (κ3) is 4.96. The Balaban J connectivity index is 1.19. The Labute approximate surface area is 264 Å². The molecule has 3 aromatic rings. The van der Waals surface area contributed by atoms with Crippen LogP contribution in [0.25, 0.3) is 6.08 Å². The highest BCUT2D eigenvalue weighted by Gasteiger charge is 2.55. The fourth-order valence-electron chi connectivity index (χ4n) is 6.60. The van der Waals surface area contributed by atoms with E-state index in [1.807, 2.05) is 13.0 Å². The number of hydrazone groups is 1. The van der Waals surface area contributed by atoms with Gasteiger partial charge in [0.25, 0.3) is 17.7 Å². The molecule has 10 heteroatoms. The lowest BCUT2D eigenvalue weighted by molar-refractivity contribution is -0.136. The van der Waals surface area contributed by atoms with Gasteiger partial charge in [-0.1, -0.05) is 86.9 Å². The molecule has 222 valence electrons. The molecule has 44 heavy (non-hydrogen) atoms. The molecule has 4 atom stereocenters. The fourth-order valence-corrected chi connectivity index (χ4v) is 6.99. The van der Waals surface area contributed by atoms with E-state index in [-0.39, 0.29) is 24.4 Å². The van der Waals surface area contributed by atoms with Crippen molar-refractivity contribution in [3.63, 3.8) is 0 Å². The van der Waals surface area contributed by atoms with Crippen LogP contribution in [0.5, 0.6) is 0 Å². The number of carbonyl (C=O) groups is 3. The summed E-state index contributed by atoms with van der Waals surface area (Å²) in [5.74, 6) is -1.15. The van der Waals surface area contributed by atoms with Gasteiger partial charge in [-0.2, -0.15) is 10.2 Å². The zero-order chi connectivity index (χ0) is 30.5. The van der Waals surface area contributed by atoms with E-state index in [9.17, 15) is 14.4 Å².